The average molecular weight is 332 g/mol. The third kappa shape index (κ3) is 3.13. The maximum atomic E-state index is 5.35. The Morgan fingerprint density at radius 2 is 1.68 bits per heavy atom. The summed E-state index contributed by atoms with van der Waals surface area (Å²) in [7, 11) is 3.27. The van der Waals surface area contributed by atoms with Crippen LogP contribution in [0.4, 0.5) is 0 Å². The Balaban J connectivity index is 1.84. The predicted octanol–water partition coefficient (Wildman–Crippen LogP) is 4.18. The summed E-state index contributed by atoms with van der Waals surface area (Å²) in [5.74, 6) is 1.44. The van der Waals surface area contributed by atoms with Crippen molar-refractivity contribution < 1.29 is 9.47 Å². The van der Waals surface area contributed by atoms with Gasteiger partial charge in [-0.3, -0.25) is 0 Å². The second-order valence-electron chi connectivity index (χ2n) is 4.76. The number of hydrogen-bond donors (Lipinski definition) is 0. The maximum Gasteiger partial charge on any atom is 0.161 e. The number of aryl methyl sites for hydroxylation is 1. The number of benzene rings is 1. The first-order valence-electron chi connectivity index (χ1n) is 6.77. The molecule has 0 radical (unpaired) electrons. The molecule has 0 bridgehead atoms. The lowest BCUT2D eigenvalue weighted by molar-refractivity contribution is 0.355. The highest BCUT2D eigenvalue weighted by Gasteiger charge is 2.10. The molecule has 0 aliphatic heterocycles. The van der Waals surface area contributed by atoms with Crippen molar-refractivity contribution in [2.24, 2.45) is 0 Å². The smallest absolute Gasteiger partial charge is 0.161 e. The van der Waals surface area contributed by atoms with Gasteiger partial charge >= 0.3 is 0 Å². The van der Waals surface area contributed by atoms with Crippen LogP contribution < -0.4 is 9.47 Å². The first-order chi connectivity index (χ1) is 10.7. The van der Waals surface area contributed by atoms with E-state index in [1.54, 1.807) is 36.9 Å². The Labute approximate surface area is 137 Å². The van der Waals surface area contributed by atoms with Gasteiger partial charge in [0.1, 0.15) is 5.01 Å². The van der Waals surface area contributed by atoms with E-state index >= 15 is 0 Å². The zero-order valence-corrected chi connectivity index (χ0v) is 14.3. The maximum absolute atomic E-state index is 5.35. The van der Waals surface area contributed by atoms with E-state index in [2.05, 4.69) is 15.7 Å². The molecule has 0 atom stereocenters. The first kappa shape index (κ1) is 15.0. The number of thiazole rings is 2. The predicted molar refractivity (Wildman–Crippen MR) is 90.3 cm³/mol. The van der Waals surface area contributed by atoms with Crippen molar-refractivity contribution in [1.82, 2.24) is 9.97 Å². The molecule has 2 heterocycles. The second kappa shape index (κ2) is 6.46. The SMILES string of the molecule is COc1ccc(-c2csc(Cc3nc(C)cs3)n2)cc1OC. The summed E-state index contributed by atoms with van der Waals surface area (Å²) in [5, 5.41) is 6.31. The van der Waals surface area contributed by atoms with E-state index < -0.39 is 0 Å². The summed E-state index contributed by atoms with van der Waals surface area (Å²) < 4.78 is 10.6. The van der Waals surface area contributed by atoms with Crippen LogP contribution in [-0.2, 0) is 6.42 Å². The second-order valence-corrected chi connectivity index (χ2v) is 6.64. The number of aromatic nitrogens is 2. The molecule has 0 aliphatic carbocycles. The third-order valence-electron chi connectivity index (χ3n) is 3.20. The molecule has 1 aromatic carbocycles. The van der Waals surface area contributed by atoms with Gasteiger partial charge in [-0.05, 0) is 25.1 Å². The Morgan fingerprint density at radius 3 is 2.36 bits per heavy atom. The monoisotopic (exact) mass is 332 g/mol. The molecular formula is C16H16N2O2S2. The van der Waals surface area contributed by atoms with Crippen LogP contribution in [0.1, 0.15) is 15.7 Å². The molecule has 4 nitrogen and oxygen atoms in total. The van der Waals surface area contributed by atoms with Gasteiger partial charge in [-0.2, -0.15) is 0 Å². The van der Waals surface area contributed by atoms with Gasteiger partial charge in [0.25, 0.3) is 0 Å². The van der Waals surface area contributed by atoms with Crippen molar-refractivity contribution in [3.63, 3.8) is 0 Å². The third-order valence-corrected chi connectivity index (χ3v) is 5.02. The Kier molecular flexibility index (Phi) is 4.40. The van der Waals surface area contributed by atoms with E-state index in [-0.39, 0.29) is 0 Å². The number of rotatable bonds is 5. The fourth-order valence-electron chi connectivity index (χ4n) is 2.13. The summed E-state index contributed by atoms with van der Waals surface area (Å²) in [6.07, 6.45) is 0.788. The van der Waals surface area contributed by atoms with Crippen LogP contribution in [0.5, 0.6) is 11.5 Å². The van der Waals surface area contributed by atoms with Gasteiger partial charge in [0.2, 0.25) is 0 Å². The van der Waals surface area contributed by atoms with Crippen molar-refractivity contribution in [3.8, 4) is 22.8 Å². The molecule has 0 saturated carbocycles. The fourth-order valence-corrected chi connectivity index (χ4v) is 3.81. The largest absolute Gasteiger partial charge is 0.493 e. The van der Waals surface area contributed by atoms with Crippen LogP contribution in [0, 0.1) is 6.92 Å². The normalized spacial score (nSPS) is 10.7. The molecule has 2 aromatic heterocycles. The van der Waals surface area contributed by atoms with E-state index in [9.17, 15) is 0 Å². The van der Waals surface area contributed by atoms with E-state index in [1.807, 2.05) is 25.1 Å². The summed E-state index contributed by atoms with van der Waals surface area (Å²) >= 11 is 3.33. The molecule has 3 rings (SSSR count). The van der Waals surface area contributed by atoms with Gasteiger partial charge in [0.05, 0.1) is 31.3 Å². The minimum absolute atomic E-state index is 0.713. The van der Waals surface area contributed by atoms with Gasteiger partial charge in [-0.25, -0.2) is 9.97 Å². The molecule has 0 aliphatic rings. The number of methoxy groups -OCH3 is 2. The molecule has 0 fully saturated rings. The molecule has 0 unspecified atom stereocenters. The lowest BCUT2D eigenvalue weighted by Crippen LogP contribution is -1.91. The molecule has 114 valence electrons. The average Bonchev–Trinajstić information content (AvgIpc) is 3.16. The molecule has 3 aromatic rings. The van der Waals surface area contributed by atoms with Crippen LogP contribution >= 0.6 is 22.7 Å². The quantitative estimate of drug-likeness (QED) is 0.703. The van der Waals surface area contributed by atoms with Gasteiger partial charge in [0, 0.05) is 22.0 Å². The lowest BCUT2D eigenvalue weighted by Gasteiger charge is -2.08. The van der Waals surface area contributed by atoms with Crippen LogP contribution in [-0.4, -0.2) is 24.2 Å². The highest BCUT2D eigenvalue weighted by atomic mass is 32.1. The summed E-state index contributed by atoms with van der Waals surface area (Å²) in [6.45, 7) is 2.01. The Morgan fingerprint density at radius 1 is 0.955 bits per heavy atom. The molecule has 0 N–H and O–H groups in total. The van der Waals surface area contributed by atoms with E-state index in [0.29, 0.717) is 5.75 Å². The molecule has 0 spiro atoms. The highest BCUT2D eigenvalue weighted by Crippen LogP contribution is 2.33. The lowest BCUT2D eigenvalue weighted by atomic mass is 10.1. The summed E-state index contributed by atoms with van der Waals surface area (Å²) in [6, 6.07) is 5.84. The fraction of sp³-hybridized carbons (Fsp3) is 0.250. The van der Waals surface area contributed by atoms with Crippen molar-refractivity contribution in [2.45, 2.75) is 13.3 Å². The van der Waals surface area contributed by atoms with E-state index in [1.165, 1.54) is 0 Å². The van der Waals surface area contributed by atoms with Crippen molar-refractivity contribution in [3.05, 3.63) is 44.7 Å². The molecular weight excluding hydrogens is 316 g/mol. The van der Waals surface area contributed by atoms with E-state index in [4.69, 9.17) is 14.5 Å². The molecule has 0 saturated heterocycles. The van der Waals surface area contributed by atoms with Crippen LogP contribution in [0.2, 0.25) is 0 Å². The zero-order valence-electron chi connectivity index (χ0n) is 12.6. The number of hydrogen-bond acceptors (Lipinski definition) is 6. The Bertz CT molecular complexity index is 780. The Hall–Kier alpha value is -1.92. The van der Waals surface area contributed by atoms with Gasteiger partial charge in [-0.15, -0.1) is 22.7 Å². The van der Waals surface area contributed by atoms with Gasteiger partial charge < -0.3 is 9.47 Å². The summed E-state index contributed by atoms with van der Waals surface area (Å²) in [5.41, 5.74) is 3.04. The van der Waals surface area contributed by atoms with Crippen LogP contribution in [0.15, 0.2) is 29.0 Å². The highest BCUT2D eigenvalue weighted by molar-refractivity contribution is 7.11. The minimum Gasteiger partial charge on any atom is -0.493 e. The zero-order chi connectivity index (χ0) is 15.5. The van der Waals surface area contributed by atoms with E-state index in [0.717, 1.165) is 39.1 Å². The molecule has 0 amide bonds. The van der Waals surface area contributed by atoms with Crippen LogP contribution in [0.3, 0.4) is 0 Å². The number of nitrogens with zero attached hydrogens (tertiary/aromatic N) is 2. The first-order valence-corrected chi connectivity index (χ1v) is 8.53. The van der Waals surface area contributed by atoms with Crippen LogP contribution in [0.25, 0.3) is 11.3 Å². The van der Waals surface area contributed by atoms with Gasteiger partial charge in [-0.1, -0.05) is 0 Å². The topological polar surface area (TPSA) is 44.2 Å². The molecule has 22 heavy (non-hydrogen) atoms. The summed E-state index contributed by atoms with van der Waals surface area (Å²) in [4.78, 5) is 9.19. The van der Waals surface area contributed by atoms with Gasteiger partial charge in [0.15, 0.2) is 11.5 Å². The molecule has 6 heteroatoms. The van der Waals surface area contributed by atoms with Crippen molar-refractivity contribution >= 4 is 22.7 Å². The standard InChI is InChI=1S/C16H16N2O2S2/c1-10-8-21-15(17-10)7-16-18-12(9-22-16)11-4-5-13(19-2)14(6-11)20-3/h4-6,8-9H,7H2,1-3H3. The van der Waals surface area contributed by atoms with Crippen molar-refractivity contribution in [1.29, 1.82) is 0 Å². The van der Waals surface area contributed by atoms with Crippen molar-refractivity contribution in [2.75, 3.05) is 14.2 Å². The minimum atomic E-state index is 0.713. The number of ether oxygens (including phenoxy) is 2.